The quantitative estimate of drug-likeness (QED) is 0.908. The van der Waals surface area contributed by atoms with Crippen molar-refractivity contribution in [2.24, 2.45) is 5.41 Å². The van der Waals surface area contributed by atoms with Gasteiger partial charge in [-0.25, -0.2) is 0 Å². The van der Waals surface area contributed by atoms with Gasteiger partial charge in [0.15, 0.2) is 0 Å². The van der Waals surface area contributed by atoms with Gasteiger partial charge in [0.2, 0.25) is 0 Å². The lowest BCUT2D eigenvalue weighted by molar-refractivity contribution is -0.111. The van der Waals surface area contributed by atoms with E-state index in [0.29, 0.717) is 5.56 Å². The molecule has 0 aliphatic heterocycles. The standard InChI is InChI=1S/C16H22BrNO2/c1-5-20-14-9-13(16(14,3)4)18-15(19)11-7-6-10(2)8-12(11)17/h6-8,13-14H,5,9H2,1-4H3,(H,18,19). The van der Waals surface area contributed by atoms with E-state index in [1.165, 1.54) is 0 Å². The van der Waals surface area contributed by atoms with Crippen LogP contribution in [0.5, 0.6) is 0 Å². The molecule has 1 aliphatic carbocycles. The Kier molecular flexibility index (Phi) is 4.55. The summed E-state index contributed by atoms with van der Waals surface area (Å²) < 4.78 is 6.53. The molecule has 1 aromatic rings. The molecule has 1 fully saturated rings. The van der Waals surface area contributed by atoms with Crippen LogP contribution in [0.1, 0.15) is 43.1 Å². The van der Waals surface area contributed by atoms with Crippen molar-refractivity contribution in [2.45, 2.75) is 46.3 Å². The van der Waals surface area contributed by atoms with Gasteiger partial charge in [-0.3, -0.25) is 4.79 Å². The van der Waals surface area contributed by atoms with Gasteiger partial charge >= 0.3 is 0 Å². The second kappa shape index (κ2) is 5.86. The molecule has 0 radical (unpaired) electrons. The van der Waals surface area contributed by atoms with Gasteiger partial charge in [0.1, 0.15) is 0 Å². The number of benzene rings is 1. The number of halogens is 1. The van der Waals surface area contributed by atoms with Gasteiger partial charge < -0.3 is 10.1 Å². The molecule has 3 nitrogen and oxygen atoms in total. The number of rotatable bonds is 4. The third-order valence-electron chi connectivity index (χ3n) is 4.22. The number of amides is 1. The highest BCUT2D eigenvalue weighted by Crippen LogP contribution is 2.42. The molecule has 1 aromatic carbocycles. The molecule has 2 atom stereocenters. The molecule has 1 saturated carbocycles. The van der Waals surface area contributed by atoms with Crippen molar-refractivity contribution < 1.29 is 9.53 Å². The van der Waals surface area contributed by atoms with Crippen LogP contribution >= 0.6 is 15.9 Å². The average Bonchev–Trinajstić information content (AvgIpc) is 2.37. The first-order chi connectivity index (χ1) is 9.36. The zero-order chi connectivity index (χ0) is 14.9. The summed E-state index contributed by atoms with van der Waals surface area (Å²) >= 11 is 3.46. The fraction of sp³-hybridized carbons (Fsp3) is 0.562. The van der Waals surface area contributed by atoms with Crippen LogP contribution in [-0.2, 0) is 4.74 Å². The lowest BCUT2D eigenvalue weighted by atomic mass is 9.64. The summed E-state index contributed by atoms with van der Waals surface area (Å²) in [6, 6.07) is 5.94. The Bertz CT molecular complexity index is 513. The van der Waals surface area contributed by atoms with E-state index in [-0.39, 0.29) is 23.5 Å². The minimum atomic E-state index is -0.0232. The number of carbonyl (C=O) groups is 1. The highest BCUT2D eigenvalue weighted by molar-refractivity contribution is 9.10. The van der Waals surface area contributed by atoms with Gasteiger partial charge in [-0.05, 0) is 53.9 Å². The fourth-order valence-corrected chi connectivity index (χ4v) is 3.33. The Balaban J connectivity index is 2.03. The van der Waals surface area contributed by atoms with Crippen LogP contribution in [0.15, 0.2) is 22.7 Å². The normalized spacial score (nSPS) is 24.1. The number of hydrogen-bond donors (Lipinski definition) is 1. The first-order valence-corrected chi connectivity index (χ1v) is 7.84. The van der Waals surface area contributed by atoms with Gasteiger partial charge in [-0.1, -0.05) is 19.9 Å². The van der Waals surface area contributed by atoms with E-state index < -0.39 is 0 Å². The number of nitrogens with one attached hydrogen (secondary N) is 1. The Morgan fingerprint density at radius 3 is 2.75 bits per heavy atom. The van der Waals surface area contributed by atoms with Crippen LogP contribution in [0.2, 0.25) is 0 Å². The maximum absolute atomic E-state index is 12.4. The van der Waals surface area contributed by atoms with E-state index in [4.69, 9.17) is 4.74 Å². The van der Waals surface area contributed by atoms with Gasteiger partial charge in [-0.2, -0.15) is 0 Å². The predicted molar refractivity (Wildman–Crippen MR) is 83.9 cm³/mol. The highest BCUT2D eigenvalue weighted by Gasteiger charge is 2.49. The summed E-state index contributed by atoms with van der Waals surface area (Å²) in [7, 11) is 0. The minimum Gasteiger partial charge on any atom is -0.378 e. The minimum absolute atomic E-state index is 0.0111. The zero-order valence-electron chi connectivity index (χ0n) is 12.5. The molecule has 2 rings (SSSR count). The Labute approximate surface area is 129 Å². The Hall–Kier alpha value is -0.870. The predicted octanol–water partition coefficient (Wildman–Crippen LogP) is 3.69. The second-order valence-corrected chi connectivity index (χ2v) is 6.86. The number of ether oxygens (including phenoxy) is 1. The molecule has 4 heteroatoms. The lowest BCUT2D eigenvalue weighted by Crippen LogP contribution is -2.62. The topological polar surface area (TPSA) is 38.3 Å². The SMILES string of the molecule is CCOC1CC(NC(=O)c2ccc(C)cc2Br)C1(C)C. The molecule has 0 spiro atoms. The highest BCUT2D eigenvalue weighted by atomic mass is 79.9. The molecule has 0 aromatic heterocycles. The molecule has 20 heavy (non-hydrogen) atoms. The van der Waals surface area contributed by atoms with Gasteiger partial charge in [0, 0.05) is 22.5 Å². The largest absolute Gasteiger partial charge is 0.378 e. The molecule has 0 saturated heterocycles. The summed E-state index contributed by atoms with van der Waals surface area (Å²) in [4.78, 5) is 12.4. The zero-order valence-corrected chi connectivity index (χ0v) is 14.1. The third kappa shape index (κ3) is 2.91. The maximum atomic E-state index is 12.4. The monoisotopic (exact) mass is 339 g/mol. The van der Waals surface area contributed by atoms with Gasteiger partial charge in [-0.15, -0.1) is 0 Å². The number of hydrogen-bond acceptors (Lipinski definition) is 2. The third-order valence-corrected chi connectivity index (χ3v) is 4.88. The second-order valence-electron chi connectivity index (χ2n) is 6.01. The van der Waals surface area contributed by atoms with Crippen molar-refractivity contribution in [3.05, 3.63) is 33.8 Å². The molecule has 0 bridgehead atoms. The lowest BCUT2D eigenvalue weighted by Gasteiger charge is -2.51. The first kappa shape index (κ1) is 15.5. The van der Waals surface area contributed by atoms with E-state index in [2.05, 4.69) is 35.1 Å². The molecule has 1 amide bonds. The van der Waals surface area contributed by atoms with E-state index in [0.717, 1.165) is 23.1 Å². The van der Waals surface area contributed by atoms with Crippen molar-refractivity contribution in [1.82, 2.24) is 5.32 Å². The summed E-state index contributed by atoms with van der Waals surface area (Å²) in [5.41, 5.74) is 1.81. The molecule has 1 N–H and O–H groups in total. The fourth-order valence-electron chi connectivity index (χ4n) is 2.65. The summed E-state index contributed by atoms with van der Waals surface area (Å²) in [5, 5.41) is 3.12. The van der Waals surface area contributed by atoms with Gasteiger partial charge in [0.25, 0.3) is 5.91 Å². The van der Waals surface area contributed by atoms with Crippen molar-refractivity contribution in [3.8, 4) is 0 Å². The summed E-state index contributed by atoms with van der Waals surface area (Å²) in [5.74, 6) is -0.0232. The van der Waals surface area contributed by atoms with Crippen molar-refractivity contribution in [2.75, 3.05) is 6.61 Å². The van der Waals surface area contributed by atoms with Crippen LogP contribution in [0.4, 0.5) is 0 Å². The van der Waals surface area contributed by atoms with E-state index >= 15 is 0 Å². The molecular formula is C16H22BrNO2. The molecule has 110 valence electrons. The maximum Gasteiger partial charge on any atom is 0.252 e. The van der Waals surface area contributed by atoms with Crippen LogP contribution in [0, 0.1) is 12.3 Å². The number of aryl methyl sites for hydroxylation is 1. The van der Waals surface area contributed by atoms with Crippen LogP contribution in [-0.4, -0.2) is 24.7 Å². The van der Waals surface area contributed by atoms with Crippen molar-refractivity contribution >= 4 is 21.8 Å². The van der Waals surface area contributed by atoms with Gasteiger partial charge in [0.05, 0.1) is 11.7 Å². The van der Waals surface area contributed by atoms with Crippen molar-refractivity contribution in [3.63, 3.8) is 0 Å². The Morgan fingerprint density at radius 2 is 2.20 bits per heavy atom. The summed E-state index contributed by atoms with van der Waals surface area (Å²) in [6.07, 6.45) is 1.12. The molecule has 0 heterocycles. The van der Waals surface area contributed by atoms with Crippen LogP contribution in [0.3, 0.4) is 0 Å². The smallest absolute Gasteiger partial charge is 0.252 e. The average molecular weight is 340 g/mol. The number of carbonyl (C=O) groups excluding carboxylic acids is 1. The van der Waals surface area contributed by atoms with Crippen molar-refractivity contribution in [1.29, 1.82) is 0 Å². The van der Waals surface area contributed by atoms with Crippen LogP contribution in [0.25, 0.3) is 0 Å². The summed E-state index contributed by atoms with van der Waals surface area (Å²) in [6.45, 7) is 9.02. The van der Waals surface area contributed by atoms with E-state index in [1.54, 1.807) is 0 Å². The molecule has 2 unspecified atom stereocenters. The van der Waals surface area contributed by atoms with E-state index in [9.17, 15) is 4.79 Å². The Morgan fingerprint density at radius 1 is 1.50 bits per heavy atom. The molecular weight excluding hydrogens is 318 g/mol. The first-order valence-electron chi connectivity index (χ1n) is 7.05. The van der Waals surface area contributed by atoms with E-state index in [1.807, 2.05) is 32.0 Å². The van der Waals surface area contributed by atoms with Crippen LogP contribution < -0.4 is 5.32 Å². The molecule has 1 aliphatic rings.